The molecular weight excluding hydrogens is 328 g/mol. The Kier molecular flexibility index (Phi) is 4.66. The molecule has 0 atom stereocenters. The van der Waals surface area contributed by atoms with Crippen molar-refractivity contribution in [3.8, 4) is 6.07 Å². The molecule has 1 saturated heterocycles. The Bertz CT molecular complexity index is 861. The van der Waals surface area contributed by atoms with Crippen LogP contribution in [-0.4, -0.2) is 49.0 Å². The SMILES string of the molecule is Cc1cc(CN2CCN(S(=O)(=O)c3ccccc3C#N)CC2)no1. The highest BCUT2D eigenvalue weighted by Crippen LogP contribution is 2.21. The van der Waals surface area contributed by atoms with Crippen LogP contribution in [0.15, 0.2) is 39.8 Å². The summed E-state index contributed by atoms with van der Waals surface area (Å²) < 4.78 is 32.0. The van der Waals surface area contributed by atoms with Gasteiger partial charge in [-0.3, -0.25) is 4.90 Å². The van der Waals surface area contributed by atoms with Gasteiger partial charge < -0.3 is 4.52 Å². The van der Waals surface area contributed by atoms with Gasteiger partial charge in [-0.2, -0.15) is 9.57 Å². The summed E-state index contributed by atoms with van der Waals surface area (Å²) >= 11 is 0. The Morgan fingerprint density at radius 1 is 1.25 bits per heavy atom. The molecule has 2 aromatic rings. The minimum atomic E-state index is -3.65. The van der Waals surface area contributed by atoms with Gasteiger partial charge in [0.15, 0.2) is 0 Å². The minimum Gasteiger partial charge on any atom is -0.361 e. The lowest BCUT2D eigenvalue weighted by Gasteiger charge is -2.33. The summed E-state index contributed by atoms with van der Waals surface area (Å²) in [6.07, 6.45) is 0. The molecule has 0 aliphatic carbocycles. The first-order chi connectivity index (χ1) is 11.5. The van der Waals surface area contributed by atoms with Crippen molar-refractivity contribution in [3.63, 3.8) is 0 Å². The van der Waals surface area contributed by atoms with Gasteiger partial charge in [-0.15, -0.1) is 0 Å². The highest BCUT2D eigenvalue weighted by atomic mass is 32.2. The molecule has 24 heavy (non-hydrogen) atoms. The van der Waals surface area contributed by atoms with Gasteiger partial charge in [0.1, 0.15) is 11.8 Å². The van der Waals surface area contributed by atoms with Crippen LogP contribution in [0.5, 0.6) is 0 Å². The molecule has 1 aliphatic heterocycles. The van der Waals surface area contributed by atoms with Crippen molar-refractivity contribution in [2.45, 2.75) is 18.4 Å². The molecule has 8 heteroatoms. The van der Waals surface area contributed by atoms with E-state index in [1.807, 2.05) is 19.1 Å². The van der Waals surface area contributed by atoms with E-state index in [9.17, 15) is 8.42 Å². The molecule has 3 rings (SSSR count). The van der Waals surface area contributed by atoms with Crippen LogP contribution in [-0.2, 0) is 16.6 Å². The summed E-state index contributed by atoms with van der Waals surface area (Å²) in [5.74, 6) is 0.763. The van der Waals surface area contributed by atoms with E-state index in [0.29, 0.717) is 32.7 Å². The van der Waals surface area contributed by atoms with Crippen LogP contribution in [0.2, 0.25) is 0 Å². The molecule has 0 amide bonds. The second-order valence-electron chi connectivity index (χ2n) is 5.72. The quantitative estimate of drug-likeness (QED) is 0.830. The first kappa shape index (κ1) is 16.6. The zero-order valence-electron chi connectivity index (χ0n) is 13.3. The molecule has 126 valence electrons. The molecule has 7 nitrogen and oxygen atoms in total. The van der Waals surface area contributed by atoms with E-state index < -0.39 is 10.0 Å². The summed E-state index contributed by atoms with van der Waals surface area (Å²) in [6, 6.07) is 10.1. The van der Waals surface area contributed by atoms with E-state index in [-0.39, 0.29) is 10.5 Å². The summed E-state index contributed by atoms with van der Waals surface area (Å²) in [4.78, 5) is 2.22. The van der Waals surface area contributed by atoms with E-state index >= 15 is 0 Å². The van der Waals surface area contributed by atoms with Crippen molar-refractivity contribution >= 4 is 10.0 Å². The van der Waals surface area contributed by atoms with Gasteiger partial charge in [0, 0.05) is 38.8 Å². The van der Waals surface area contributed by atoms with E-state index in [0.717, 1.165) is 11.5 Å². The molecule has 1 aromatic carbocycles. The second-order valence-corrected chi connectivity index (χ2v) is 7.62. The number of benzene rings is 1. The molecule has 0 unspecified atom stereocenters. The van der Waals surface area contributed by atoms with E-state index in [1.54, 1.807) is 12.1 Å². The molecule has 0 saturated carbocycles. The normalized spacial score (nSPS) is 16.8. The molecule has 1 fully saturated rings. The second kappa shape index (κ2) is 6.73. The maximum atomic E-state index is 12.8. The van der Waals surface area contributed by atoms with Crippen LogP contribution in [0.3, 0.4) is 0 Å². The fraction of sp³-hybridized carbons (Fsp3) is 0.375. The van der Waals surface area contributed by atoms with Gasteiger partial charge in [-0.25, -0.2) is 8.42 Å². The van der Waals surface area contributed by atoms with Gasteiger partial charge in [-0.1, -0.05) is 17.3 Å². The Labute approximate surface area is 141 Å². The maximum absolute atomic E-state index is 12.8. The fourth-order valence-electron chi connectivity index (χ4n) is 2.77. The van der Waals surface area contributed by atoms with Crippen molar-refractivity contribution in [3.05, 3.63) is 47.3 Å². The standard InChI is InChI=1S/C16H18N4O3S/c1-13-10-15(18-23-13)12-19-6-8-20(9-7-19)24(21,22)16-5-3-2-4-14(16)11-17/h2-5,10H,6-9,12H2,1H3. The maximum Gasteiger partial charge on any atom is 0.244 e. The zero-order valence-corrected chi connectivity index (χ0v) is 14.2. The first-order valence-electron chi connectivity index (χ1n) is 7.64. The van der Waals surface area contributed by atoms with Crippen LogP contribution in [0.25, 0.3) is 0 Å². The Hall–Kier alpha value is -2.21. The number of nitriles is 1. The molecular formula is C16H18N4O3S. The van der Waals surface area contributed by atoms with Crippen LogP contribution < -0.4 is 0 Å². The number of piperazine rings is 1. The molecule has 1 aliphatic rings. The summed E-state index contributed by atoms with van der Waals surface area (Å²) in [7, 11) is -3.65. The molecule has 0 N–H and O–H groups in total. The van der Waals surface area contributed by atoms with Gasteiger partial charge in [0.05, 0.1) is 16.2 Å². The van der Waals surface area contributed by atoms with Crippen LogP contribution in [0.1, 0.15) is 17.0 Å². The molecule has 1 aromatic heterocycles. The average Bonchev–Trinajstić information content (AvgIpc) is 3.00. The topological polar surface area (TPSA) is 90.4 Å². The summed E-state index contributed by atoms with van der Waals surface area (Å²) in [5.41, 5.74) is 1.02. The highest BCUT2D eigenvalue weighted by molar-refractivity contribution is 7.89. The van der Waals surface area contributed by atoms with Crippen LogP contribution in [0, 0.1) is 18.3 Å². The third kappa shape index (κ3) is 3.33. The van der Waals surface area contributed by atoms with Crippen molar-refractivity contribution in [2.24, 2.45) is 0 Å². The van der Waals surface area contributed by atoms with Gasteiger partial charge in [0.2, 0.25) is 10.0 Å². The monoisotopic (exact) mass is 346 g/mol. The van der Waals surface area contributed by atoms with Crippen molar-refractivity contribution in [2.75, 3.05) is 26.2 Å². The molecule has 0 spiro atoms. The third-order valence-electron chi connectivity index (χ3n) is 4.02. The highest BCUT2D eigenvalue weighted by Gasteiger charge is 2.30. The van der Waals surface area contributed by atoms with Gasteiger partial charge in [0.25, 0.3) is 0 Å². The molecule has 0 bridgehead atoms. The lowest BCUT2D eigenvalue weighted by molar-refractivity contribution is 0.177. The van der Waals surface area contributed by atoms with Crippen molar-refractivity contribution in [1.29, 1.82) is 5.26 Å². The van der Waals surface area contributed by atoms with E-state index in [1.165, 1.54) is 16.4 Å². The van der Waals surface area contributed by atoms with Crippen LogP contribution >= 0.6 is 0 Å². The van der Waals surface area contributed by atoms with Crippen molar-refractivity contribution < 1.29 is 12.9 Å². The molecule has 2 heterocycles. The lowest BCUT2D eigenvalue weighted by atomic mass is 10.2. The lowest BCUT2D eigenvalue weighted by Crippen LogP contribution is -2.48. The Morgan fingerprint density at radius 3 is 2.58 bits per heavy atom. The summed E-state index contributed by atoms with van der Waals surface area (Å²) in [5, 5.41) is 13.1. The Morgan fingerprint density at radius 2 is 1.96 bits per heavy atom. The van der Waals surface area contributed by atoms with Crippen LogP contribution in [0.4, 0.5) is 0 Å². The average molecular weight is 346 g/mol. The van der Waals surface area contributed by atoms with Gasteiger partial charge in [-0.05, 0) is 19.1 Å². The van der Waals surface area contributed by atoms with E-state index in [2.05, 4.69) is 10.1 Å². The Balaban J connectivity index is 1.68. The zero-order chi connectivity index (χ0) is 17.2. The largest absolute Gasteiger partial charge is 0.361 e. The summed E-state index contributed by atoms with van der Waals surface area (Å²) in [6.45, 7) is 4.48. The number of rotatable bonds is 4. The molecule has 0 radical (unpaired) electrons. The number of sulfonamides is 1. The number of aromatic nitrogens is 1. The minimum absolute atomic E-state index is 0.0769. The number of hydrogen-bond donors (Lipinski definition) is 0. The predicted molar refractivity (Wildman–Crippen MR) is 86.4 cm³/mol. The predicted octanol–water partition coefficient (Wildman–Crippen LogP) is 1.36. The smallest absolute Gasteiger partial charge is 0.244 e. The fourth-order valence-corrected chi connectivity index (χ4v) is 4.34. The van der Waals surface area contributed by atoms with Gasteiger partial charge >= 0.3 is 0 Å². The number of aryl methyl sites for hydroxylation is 1. The first-order valence-corrected chi connectivity index (χ1v) is 9.08. The number of hydrogen-bond acceptors (Lipinski definition) is 6. The third-order valence-corrected chi connectivity index (χ3v) is 5.98. The van der Waals surface area contributed by atoms with Crippen molar-refractivity contribution in [1.82, 2.24) is 14.4 Å². The van der Waals surface area contributed by atoms with E-state index in [4.69, 9.17) is 9.78 Å². The number of nitrogens with zero attached hydrogens (tertiary/aromatic N) is 4.